The van der Waals surface area contributed by atoms with Gasteiger partial charge in [0.15, 0.2) is 0 Å². The Hall–Kier alpha value is -0.0800. The molecule has 0 aromatic heterocycles. The van der Waals surface area contributed by atoms with Gasteiger partial charge in [0.05, 0.1) is 0 Å². The van der Waals surface area contributed by atoms with Crippen molar-refractivity contribution in [2.24, 2.45) is 0 Å². The van der Waals surface area contributed by atoms with Crippen LogP contribution in [0, 0.1) is 0 Å². The molecular weight excluding hydrogens is 224 g/mol. The lowest BCUT2D eigenvalue weighted by Crippen LogP contribution is -1.97. The molecular formula is C16H34O2. The molecule has 0 heterocycles. The van der Waals surface area contributed by atoms with Gasteiger partial charge in [0.2, 0.25) is 0 Å². The van der Waals surface area contributed by atoms with E-state index >= 15 is 0 Å². The Kier molecular flexibility index (Phi) is 16.8. The van der Waals surface area contributed by atoms with Crippen molar-refractivity contribution in [2.75, 3.05) is 19.8 Å². The zero-order valence-electron chi connectivity index (χ0n) is 12.5. The molecule has 1 N–H and O–H groups in total. The summed E-state index contributed by atoms with van der Waals surface area (Å²) in [5, 5.41) is 8.62. The summed E-state index contributed by atoms with van der Waals surface area (Å²) in [6.45, 7) is 4.38. The first kappa shape index (κ1) is 17.9. The topological polar surface area (TPSA) is 29.5 Å². The maximum Gasteiger partial charge on any atom is 0.0466 e. The van der Waals surface area contributed by atoms with Crippen LogP contribution in [0.2, 0.25) is 0 Å². The zero-order chi connectivity index (χ0) is 13.3. The molecule has 0 aliphatic carbocycles. The predicted molar refractivity (Wildman–Crippen MR) is 79.0 cm³/mol. The van der Waals surface area contributed by atoms with Gasteiger partial charge in [-0.25, -0.2) is 0 Å². The molecule has 0 fully saturated rings. The Bertz CT molecular complexity index is 121. The van der Waals surface area contributed by atoms with Gasteiger partial charge in [-0.3, -0.25) is 0 Å². The Labute approximate surface area is 114 Å². The summed E-state index contributed by atoms with van der Waals surface area (Å²) in [7, 11) is 0. The predicted octanol–water partition coefficient (Wildman–Crippen LogP) is 4.70. The van der Waals surface area contributed by atoms with E-state index in [9.17, 15) is 0 Å². The van der Waals surface area contributed by atoms with E-state index in [1.807, 2.05) is 0 Å². The van der Waals surface area contributed by atoms with E-state index in [0.717, 1.165) is 32.5 Å². The second kappa shape index (κ2) is 16.9. The van der Waals surface area contributed by atoms with E-state index in [-0.39, 0.29) is 0 Å². The smallest absolute Gasteiger partial charge is 0.0466 e. The summed E-state index contributed by atoms with van der Waals surface area (Å²) in [4.78, 5) is 0. The van der Waals surface area contributed by atoms with Gasteiger partial charge in [0, 0.05) is 19.8 Å². The molecule has 0 radical (unpaired) electrons. The minimum absolute atomic E-state index is 0.318. The second-order valence-corrected chi connectivity index (χ2v) is 5.23. The van der Waals surface area contributed by atoms with Crippen LogP contribution in [0.1, 0.15) is 84.0 Å². The highest BCUT2D eigenvalue weighted by Gasteiger charge is 1.93. The first-order valence-electron chi connectivity index (χ1n) is 8.10. The summed E-state index contributed by atoms with van der Waals surface area (Å²) in [5.74, 6) is 0. The molecule has 0 spiro atoms. The van der Waals surface area contributed by atoms with E-state index in [1.54, 1.807) is 0 Å². The highest BCUT2D eigenvalue weighted by Crippen LogP contribution is 2.09. The molecule has 18 heavy (non-hydrogen) atoms. The first-order chi connectivity index (χ1) is 8.91. The summed E-state index contributed by atoms with van der Waals surface area (Å²) < 4.78 is 5.56. The van der Waals surface area contributed by atoms with Crippen LogP contribution in [0.15, 0.2) is 0 Å². The van der Waals surface area contributed by atoms with Crippen LogP contribution in [0.3, 0.4) is 0 Å². The zero-order valence-corrected chi connectivity index (χ0v) is 12.5. The molecule has 0 aliphatic heterocycles. The highest BCUT2D eigenvalue weighted by molar-refractivity contribution is 4.47. The van der Waals surface area contributed by atoms with Gasteiger partial charge >= 0.3 is 0 Å². The fourth-order valence-corrected chi connectivity index (χ4v) is 2.11. The van der Waals surface area contributed by atoms with Crippen molar-refractivity contribution in [3.05, 3.63) is 0 Å². The molecule has 0 aromatic carbocycles. The van der Waals surface area contributed by atoms with Crippen molar-refractivity contribution >= 4 is 0 Å². The number of unbranched alkanes of at least 4 members (excludes halogenated alkanes) is 10. The fourth-order valence-electron chi connectivity index (χ4n) is 2.11. The molecule has 0 rings (SSSR count). The van der Waals surface area contributed by atoms with E-state index in [4.69, 9.17) is 9.84 Å². The van der Waals surface area contributed by atoms with Gasteiger partial charge in [-0.1, -0.05) is 58.3 Å². The molecule has 2 nitrogen and oxygen atoms in total. The van der Waals surface area contributed by atoms with Crippen molar-refractivity contribution in [1.29, 1.82) is 0 Å². The monoisotopic (exact) mass is 258 g/mol. The minimum atomic E-state index is 0.318. The number of aliphatic hydroxyl groups excluding tert-OH is 1. The Balaban J connectivity index is 2.86. The lowest BCUT2D eigenvalue weighted by atomic mass is 10.1. The molecule has 0 amide bonds. The standard InChI is InChI=1S/C16H34O2/c1-2-3-4-5-6-7-8-9-12-15-18-16-13-10-11-14-17/h17H,2-16H2,1H3. The molecule has 0 aromatic rings. The summed E-state index contributed by atoms with van der Waals surface area (Å²) >= 11 is 0. The molecule has 0 unspecified atom stereocenters. The average Bonchev–Trinajstić information content (AvgIpc) is 2.39. The van der Waals surface area contributed by atoms with E-state index in [2.05, 4.69) is 6.92 Å². The van der Waals surface area contributed by atoms with Gasteiger partial charge in [-0.15, -0.1) is 0 Å². The molecule has 0 bridgehead atoms. The van der Waals surface area contributed by atoms with Crippen molar-refractivity contribution in [3.63, 3.8) is 0 Å². The van der Waals surface area contributed by atoms with Crippen LogP contribution in [0.25, 0.3) is 0 Å². The summed E-state index contributed by atoms with van der Waals surface area (Å²) in [5.41, 5.74) is 0. The van der Waals surface area contributed by atoms with Crippen LogP contribution in [0.5, 0.6) is 0 Å². The largest absolute Gasteiger partial charge is 0.396 e. The Morgan fingerprint density at radius 2 is 1.06 bits per heavy atom. The van der Waals surface area contributed by atoms with Gasteiger partial charge in [-0.05, 0) is 25.7 Å². The molecule has 2 heteroatoms. The number of hydrogen-bond donors (Lipinski definition) is 1. The summed E-state index contributed by atoms with van der Waals surface area (Å²) in [6, 6.07) is 0. The number of aliphatic hydroxyl groups is 1. The molecule has 0 saturated carbocycles. The van der Waals surface area contributed by atoms with Crippen LogP contribution < -0.4 is 0 Å². The fraction of sp³-hybridized carbons (Fsp3) is 1.00. The second-order valence-electron chi connectivity index (χ2n) is 5.23. The number of ether oxygens (including phenoxy) is 1. The Morgan fingerprint density at radius 3 is 1.56 bits per heavy atom. The maximum atomic E-state index is 8.62. The third-order valence-electron chi connectivity index (χ3n) is 3.34. The number of rotatable bonds is 15. The van der Waals surface area contributed by atoms with Gasteiger partial charge in [-0.2, -0.15) is 0 Å². The normalized spacial score (nSPS) is 11.0. The molecule has 0 saturated heterocycles. The summed E-state index contributed by atoms with van der Waals surface area (Å²) in [6.07, 6.45) is 15.4. The quantitative estimate of drug-likeness (QED) is 0.432. The SMILES string of the molecule is CCCCCCCCCCCOCCCCCO. The maximum absolute atomic E-state index is 8.62. The molecule has 110 valence electrons. The van der Waals surface area contributed by atoms with Crippen molar-refractivity contribution in [3.8, 4) is 0 Å². The van der Waals surface area contributed by atoms with Crippen molar-refractivity contribution in [1.82, 2.24) is 0 Å². The van der Waals surface area contributed by atoms with Crippen LogP contribution in [-0.4, -0.2) is 24.9 Å². The molecule has 0 aliphatic rings. The van der Waals surface area contributed by atoms with Gasteiger partial charge < -0.3 is 9.84 Å². The molecule has 0 atom stereocenters. The van der Waals surface area contributed by atoms with Crippen molar-refractivity contribution in [2.45, 2.75) is 84.0 Å². The van der Waals surface area contributed by atoms with Crippen LogP contribution in [-0.2, 0) is 4.74 Å². The van der Waals surface area contributed by atoms with E-state index in [1.165, 1.54) is 57.8 Å². The van der Waals surface area contributed by atoms with Gasteiger partial charge in [0.1, 0.15) is 0 Å². The van der Waals surface area contributed by atoms with E-state index in [0.29, 0.717) is 6.61 Å². The minimum Gasteiger partial charge on any atom is -0.396 e. The average molecular weight is 258 g/mol. The van der Waals surface area contributed by atoms with Gasteiger partial charge in [0.25, 0.3) is 0 Å². The van der Waals surface area contributed by atoms with Crippen molar-refractivity contribution < 1.29 is 9.84 Å². The van der Waals surface area contributed by atoms with Crippen LogP contribution in [0.4, 0.5) is 0 Å². The Morgan fingerprint density at radius 1 is 0.611 bits per heavy atom. The lowest BCUT2D eigenvalue weighted by Gasteiger charge is -2.04. The highest BCUT2D eigenvalue weighted by atomic mass is 16.5. The van der Waals surface area contributed by atoms with Crippen LogP contribution >= 0.6 is 0 Å². The lowest BCUT2D eigenvalue weighted by molar-refractivity contribution is 0.124. The first-order valence-corrected chi connectivity index (χ1v) is 8.10. The third kappa shape index (κ3) is 15.9. The third-order valence-corrected chi connectivity index (χ3v) is 3.34. The number of hydrogen-bond acceptors (Lipinski definition) is 2. The van der Waals surface area contributed by atoms with E-state index < -0.39 is 0 Å².